The number of amides is 1. The number of carbonyl (C=O) groups excluding carboxylic acids is 1. The number of carbonyl (C=O) groups is 1. The Bertz CT molecular complexity index is 411. The summed E-state index contributed by atoms with van der Waals surface area (Å²) < 4.78 is 0. The molecule has 0 spiro atoms. The van der Waals surface area contributed by atoms with Crippen LogP contribution in [0.2, 0.25) is 0 Å². The Labute approximate surface area is 128 Å². The Morgan fingerprint density at radius 2 is 1.81 bits per heavy atom. The van der Waals surface area contributed by atoms with E-state index in [0.29, 0.717) is 17.3 Å². The van der Waals surface area contributed by atoms with Gasteiger partial charge in [-0.15, -0.1) is 0 Å². The van der Waals surface area contributed by atoms with Gasteiger partial charge in [0.1, 0.15) is 0 Å². The molecule has 0 aromatic carbocycles. The van der Waals surface area contributed by atoms with Crippen molar-refractivity contribution >= 4 is 5.91 Å². The summed E-state index contributed by atoms with van der Waals surface area (Å²) in [5.41, 5.74) is 1.17. The maximum Gasteiger partial charge on any atom is 0.220 e. The normalized spacial score (nSPS) is 45.6. The van der Waals surface area contributed by atoms with E-state index in [2.05, 4.69) is 19.2 Å². The Hall–Kier alpha value is -0.570. The average molecular weight is 293 g/mol. The third-order valence-corrected chi connectivity index (χ3v) is 6.36. The predicted molar refractivity (Wildman–Crippen MR) is 83.8 cm³/mol. The molecule has 2 unspecified atom stereocenters. The predicted octanol–water partition coefficient (Wildman–Crippen LogP) is 3.26. The summed E-state index contributed by atoms with van der Waals surface area (Å²) in [5.74, 6) is 0.994. The molecular formula is C18H31NO2. The second kappa shape index (κ2) is 4.97. The zero-order valence-corrected chi connectivity index (χ0v) is 13.9. The summed E-state index contributed by atoms with van der Waals surface area (Å²) in [5, 5.41) is 12.3. The summed E-state index contributed by atoms with van der Waals surface area (Å²) in [4.78, 5) is 12.4. The van der Waals surface area contributed by atoms with E-state index in [1.165, 1.54) is 38.5 Å². The third kappa shape index (κ3) is 2.86. The molecule has 120 valence electrons. The molecule has 0 aliphatic heterocycles. The molecule has 4 aliphatic carbocycles. The molecule has 0 aromatic heterocycles. The van der Waals surface area contributed by atoms with Gasteiger partial charge < -0.3 is 10.4 Å². The third-order valence-electron chi connectivity index (χ3n) is 6.36. The van der Waals surface area contributed by atoms with Crippen molar-refractivity contribution < 1.29 is 9.90 Å². The van der Waals surface area contributed by atoms with E-state index in [1.54, 1.807) is 0 Å². The lowest BCUT2D eigenvalue weighted by Crippen LogP contribution is -2.56. The minimum absolute atomic E-state index is 0.0489. The second-order valence-electron chi connectivity index (χ2n) is 9.16. The lowest BCUT2D eigenvalue weighted by molar-refractivity contribution is -0.156. The van der Waals surface area contributed by atoms with E-state index in [-0.39, 0.29) is 24.0 Å². The quantitative estimate of drug-likeness (QED) is 0.817. The van der Waals surface area contributed by atoms with Crippen LogP contribution < -0.4 is 5.32 Å². The van der Waals surface area contributed by atoms with E-state index in [0.717, 1.165) is 12.3 Å². The van der Waals surface area contributed by atoms with Gasteiger partial charge in [-0.25, -0.2) is 0 Å². The van der Waals surface area contributed by atoms with E-state index >= 15 is 0 Å². The molecule has 0 radical (unpaired) electrons. The Balaban J connectivity index is 1.71. The van der Waals surface area contributed by atoms with Gasteiger partial charge in [0.15, 0.2) is 0 Å². The van der Waals surface area contributed by atoms with Gasteiger partial charge in [0, 0.05) is 6.42 Å². The minimum Gasteiger partial charge on any atom is -0.394 e. The van der Waals surface area contributed by atoms with Gasteiger partial charge in [-0.05, 0) is 67.1 Å². The van der Waals surface area contributed by atoms with Crippen LogP contribution in [0.1, 0.15) is 72.1 Å². The number of nitrogens with one attached hydrogen (secondary N) is 1. The van der Waals surface area contributed by atoms with Crippen LogP contribution in [0.5, 0.6) is 0 Å². The largest absolute Gasteiger partial charge is 0.394 e. The highest BCUT2D eigenvalue weighted by molar-refractivity contribution is 5.77. The number of aliphatic hydroxyl groups excluding tert-OH is 1. The van der Waals surface area contributed by atoms with Crippen molar-refractivity contribution in [1.29, 1.82) is 0 Å². The fraction of sp³-hybridized carbons (Fsp3) is 0.944. The minimum atomic E-state index is -0.0717. The molecule has 0 aromatic rings. The van der Waals surface area contributed by atoms with E-state index in [9.17, 15) is 9.90 Å². The number of hydrogen-bond acceptors (Lipinski definition) is 2. The molecule has 2 N–H and O–H groups in total. The number of aliphatic hydroxyl groups is 1. The highest BCUT2D eigenvalue weighted by Crippen LogP contribution is 2.70. The number of hydrogen-bond donors (Lipinski definition) is 2. The van der Waals surface area contributed by atoms with Gasteiger partial charge in [0.25, 0.3) is 0 Å². The van der Waals surface area contributed by atoms with Gasteiger partial charge in [-0.3, -0.25) is 4.79 Å². The monoisotopic (exact) mass is 293 g/mol. The lowest BCUT2D eigenvalue weighted by Gasteiger charge is -2.65. The van der Waals surface area contributed by atoms with Crippen LogP contribution in [0, 0.1) is 22.2 Å². The van der Waals surface area contributed by atoms with Crippen LogP contribution in [-0.4, -0.2) is 23.7 Å². The van der Waals surface area contributed by atoms with E-state index < -0.39 is 0 Å². The van der Waals surface area contributed by atoms with Gasteiger partial charge >= 0.3 is 0 Å². The zero-order valence-electron chi connectivity index (χ0n) is 13.9. The highest BCUT2D eigenvalue weighted by atomic mass is 16.3. The molecule has 4 fully saturated rings. The number of rotatable bonds is 5. The van der Waals surface area contributed by atoms with Crippen LogP contribution in [0.4, 0.5) is 0 Å². The molecule has 21 heavy (non-hydrogen) atoms. The molecule has 0 saturated heterocycles. The molecule has 4 saturated carbocycles. The maximum absolute atomic E-state index is 12.4. The molecule has 4 aliphatic rings. The Kier molecular flexibility index (Phi) is 3.63. The first-order valence-electron chi connectivity index (χ1n) is 8.70. The van der Waals surface area contributed by atoms with Crippen molar-refractivity contribution in [2.24, 2.45) is 22.2 Å². The van der Waals surface area contributed by atoms with Crippen LogP contribution in [0.15, 0.2) is 0 Å². The first-order valence-corrected chi connectivity index (χ1v) is 8.70. The Morgan fingerprint density at radius 3 is 2.29 bits per heavy atom. The van der Waals surface area contributed by atoms with Crippen molar-refractivity contribution in [2.45, 2.75) is 78.2 Å². The molecule has 0 heterocycles. The van der Waals surface area contributed by atoms with Crippen LogP contribution in [0.3, 0.4) is 0 Å². The molecule has 4 bridgehead atoms. The van der Waals surface area contributed by atoms with Crippen LogP contribution in [0.25, 0.3) is 0 Å². The summed E-state index contributed by atoms with van der Waals surface area (Å²) >= 11 is 0. The van der Waals surface area contributed by atoms with Gasteiger partial charge in [0.2, 0.25) is 5.91 Å². The van der Waals surface area contributed by atoms with Crippen molar-refractivity contribution in [2.75, 3.05) is 6.61 Å². The maximum atomic E-state index is 12.4. The van der Waals surface area contributed by atoms with Crippen LogP contribution in [-0.2, 0) is 4.79 Å². The fourth-order valence-electron chi connectivity index (χ4n) is 6.78. The van der Waals surface area contributed by atoms with Crippen molar-refractivity contribution in [3.8, 4) is 0 Å². The molecule has 4 rings (SSSR count). The zero-order chi connectivity index (χ0) is 15.3. The average Bonchev–Trinajstić information content (AvgIpc) is 2.30. The van der Waals surface area contributed by atoms with E-state index in [1.807, 2.05) is 6.92 Å². The summed E-state index contributed by atoms with van der Waals surface area (Å²) in [6.07, 6.45) is 9.29. The molecule has 3 atom stereocenters. The molecule has 3 heteroatoms. The van der Waals surface area contributed by atoms with Crippen LogP contribution >= 0.6 is 0 Å². The first-order chi connectivity index (χ1) is 9.79. The van der Waals surface area contributed by atoms with Crippen molar-refractivity contribution in [3.05, 3.63) is 0 Å². The van der Waals surface area contributed by atoms with Gasteiger partial charge in [-0.1, -0.05) is 20.8 Å². The first kappa shape index (κ1) is 15.3. The molecular weight excluding hydrogens is 262 g/mol. The summed E-state index contributed by atoms with van der Waals surface area (Å²) in [7, 11) is 0. The second-order valence-corrected chi connectivity index (χ2v) is 9.16. The SMILES string of the molecule is CC[C@@H](CO)NC(=O)CC12CC3CC(C)(CC(C)(C3)C1)C2. The lowest BCUT2D eigenvalue weighted by atomic mass is 9.40. The standard InChI is InChI=1S/C18H31NO2/c1-4-14(9-20)19-15(21)8-18-7-13-5-16(2,11-18)10-17(3,6-13)12-18/h13-14,20H,4-12H2,1-3H3,(H,19,21)/t13?,14-,16?,17?,18?/m0/s1. The molecule has 1 amide bonds. The van der Waals surface area contributed by atoms with E-state index in [4.69, 9.17) is 0 Å². The van der Waals surface area contributed by atoms with Gasteiger partial charge in [-0.2, -0.15) is 0 Å². The summed E-state index contributed by atoms with van der Waals surface area (Å²) in [6.45, 7) is 6.96. The Morgan fingerprint density at radius 1 is 1.19 bits per heavy atom. The summed E-state index contributed by atoms with van der Waals surface area (Å²) in [6, 6.07) is -0.0717. The fourth-order valence-corrected chi connectivity index (χ4v) is 6.78. The molecule has 3 nitrogen and oxygen atoms in total. The highest BCUT2D eigenvalue weighted by Gasteiger charge is 2.60. The topological polar surface area (TPSA) is 49.3 Å². The smallest absolute Gasteiger partial charge is 0.220 e. The van der Waals surface area contributed by atoms with Crippen molar-refractivity contribution in [1.82, 2.24) is 5.32 Å². The van der Waals surface area contributed by atoms with Gasteiger partial charge in [0.05, 0.1) is 12.6 Å². The van der Waals surface area contributed by atoms with Crippen molar-refractivity contribution in [3.63, 3.8) is 0 Å².